The number of hydrogen-bond acceptors (Lipinski definition) is 4. The van der Waals surface area contributed by atoms with Crippen LogP contribution in [0, 0.1) is 18.7 Å². The standard InChI is InChI=1S/C20H23FN4O2S/c1-12(2)10-25-19(27)18-16(23-20(25)28-4)9-13(3)24(18)11-17(26)22-15-7-5-14(21)6-8-15/h5-9,12H,10-11H2,1-4H3,(H,22,26). The molecule has 2 aromatic heterocycles. The average Bonchev–Trinajstić information content (AvgIpc) is 2.94. The molecule has 148 valence electrons. The summed E-state index contributed by atoms with van der Waals surface area (Å²) in [7, 11) is 0. The molecule has 0 atom stereocenters. The lowest BCUT2D eigenvalue weighted by atomic mass is 10.2. The number of nitrogens with zero attached hydrogens (tertiary/aromatic N) is 3. The lowest BCUT2D eigenvalue weighted by Crippen LogP contribution is -2.28. The molecular formula is C20H23FN4O2S. The van der Waals surface area contributed by atoms with Crippen LogP contribution in [-0.2, 0) is 17.9 Å². The van der Waals surface area contributed by atoms with Crippen molar-refractivity contribution < 1.29 is 9.18 Å². The quantitative estimate of drug-likeness (QED) is 0.505. The lowest BCUT2D eigenvalue weighted by molar-refractivity contribution is -0.116. The van der Waals surface area contributed by atoms with Crippen LogP contribution in [0.4, 0.5) is 10.1 Å². The van der Waals surface area contributed by atoms with E-state index in [1.54, 1.807) is 9.13 Å². The van der Waals surface area contributed by atoms with Crippen molar-refractivity contribution in [2.75, 3.05) is 11.6 Å². The second-order valence-electron chi connectivity index (χ2n) is 7.07. The van der Waals surface area contributed by atoms with Crippen LogP contribution in [0.25, 0.3) is 11.0 Å². The molecule has 1 aromatic carbocycles. The molecule has 1 N–H and O–H groups in total. The van der Waals surface area contributed by atoms with Crippen molar-refractivity contribution in [1.82, 2.24) is 14.1 Å². The first kappa shape index (κ1) is 20.1. The number of carbonyl (C=O) groups excluding carboxylic acids is 1. The zero-order valence-electron chi connectivity index (χ0n) is 16.3. The average molecular weight is 402 g/mol. The monoisotopic (exact) mass is 402 g/mol. The summed E-state index contributed by atoms with van der Waals surface area (Å²) < 4.78 is 16.4. The molecule has 0 unspecified atom stereocenters. The molecule has 8 heteroatoms. The number of anilines is 1. The third kappa shape index (κ3) is 4.11. The molecular weight excluding hydrogens is 379 g/mol. The number of aromatic nitrogens is 3. The highest BCUT2D eigenvalue weighted by atomic mass is 32.2. The normalized spacial score (nSPS) is 11.4. The Hall–Kier alpha value is -2.61. The number of halogens is 1. The van der Waals surface area contributed by atoms with Gasteiger partial charge in [0.2, 0.25) is 5.91 Å². The molecule has 0 bridgehead atoms. The van der Waals surface area contributed by atoms with Crippen molar-refractivity contribution >= 4 is 34.4 Å². The van der Waals surface area contributed by atoms with Gasteiger partial charge in [-0.05, 0) is 49.4 Å². The van der Waals surface area contributed by atoms with Crippen LogP contribution in [0.1, 0.15) is 19.5 Å². The van der Waals surface area contributed by atoms with E-state index in [2.05, 4.69) is 10.3 Å². The van der Waals surface area contributed by atoms with E-state index in [9.17, 15) is 14.0 Å². The molecule has 0 aliphatic carbocycles. The number of carbonyl (C=O) groups is 1. The van der Waals surface area contributed by atoms with Crippen molar-refractivity contribution in [2.24, 2.45) is 5.92 Å². The van der Waals surface area contributed by atoms with E-state index in [4.69, 9.17) is 0 Å². The maximum absolute atomic E-state index is 13.2. The topological polar surface area (TPSA) is 68.9 Å². The Morgan fingerprint density at radius 3 is 2.54 bits per heavy atom. The van der Waals surface area contributed by atoms with Gasteiger partial charge in [0.25, 0.3) is 5.56 Å². The highest BCUT2D eigenvalue weighted by Gasteiger charge is 2.18. The summed E-state index contributed by atoms with van der Waals surface area (Å²) in [6.45, 7) is 6.47. The minimum Gasteiger partial charge on any atom is -0.330 e. The minimum atomic E-state index is -0.369. The zero-order chi connectivity index (χ0) is 20.4. The summed E-state index contributed by atoms with van der Waals surface area (Å²) in [5, 5.41) is 3.39. The summed E-state index contributed by atoms with van der Waals surface area (Å²) in [4.78, 5) is 30.3. The highest BCUT2D eigenvalue weighted by Crippen LogP contribution is 2.20. The van der Waals surface area contributed by atoms with Crippen LogP contribution in [0.15, 0.2) is 40.3 Å². The van der Waals surface area contributed by atoms with Crippen molar-refractivity contribution in [1.29, 1.82) is 0 Å². The van der Waals surface area contributed by atoms with Gasteiger partial charge in [-0.1, -0.05) is 25.6 Å². The number of rotatable bonds is 6. The molecule has 1 amide bonds. The van der Waals surface area contributed by atoms with Gasteiger partial charge in [0.05, 0.1) is 5.52 Å². The van der Waals surface area contributed by atoms with Crippen LogP contribution < -0.4 is 10.9 Å². The Morgan fingerprint density at radius 2 is 1.93 bits per heavy atom. The van der Waals surface area contributed by atoms with Gasteiger partial charge in [0.15, 0.2) is 5.16 Å². The molecule has 28 heavy (non-hydrogen) atoms. The number of amides is 1. The summed E-state index contributed by atoms with van der Waals surface area (Å²) >= 11 is 1.43. The summed E-state index contributed by atoms with van der Waals surface area (Å²) in [5.41, 5.74) is 2.14. The predicted molar refractivity (Wildman–Crippen MR) is 110 cm³/mol. The molecule has 0 saturated carbocycles. The minimum absolute atomic E-state index is 0.0239. The number of hydrogen-bond donors (Lipinski definition) is 1. The Labute approximate surface area is 166 Å². The van der Waals surface area contributed by atoms with Crippen LogP contribution in [0.5, 0.6) is 0 Å². The van der Waals surface area contributed by atoms with Gasteiger partial charge < -0.3 is 9.88 Å². The molecule has 0 spiro atoms. The Morgan fingerprint density at radius 1 is 1.25 bits per heavy atom. The smallest absolute Gasteiger partial charge is 0.278 e. The third-order valence-electron chi connectivity index (χ3n) is 4.34. The Bertz CT molecular complexity index is 1070. The second-order valence-corrected chi connectivity index (χ2v) is 7.84. The van der Waals surface area contributed by atoms with E-state index in [-0.39, 0.29) is 29.7 Å². The van der Waals surface area contributed by atoms with Crippen molar-refractivity contribution in [3.8, 4) is 0 Å². The highest BCUT2D eigenvalue weighted by molar-refractivity contribution is 7.98. The van der Waals surface area contributed by atoms with Gasteiger partial charge in [0, 0.05) is 17.9 Å². The summed E-state index contributed by atoms with van der Waals surface area (Å²) in [5.74, 6) is -0.378. The van der Waals surface area contributed by atoms with Gasteiger partial charge in [0.1, 0.15) is 17.9 Å². The molecule has 3 rings (SSSR count). The second kappa shape index (κ2) is 8.18. The van der Waals surface area contributed by atoms with Crippen molar-refractivity contribution in [2.45, 2.75) is 39.0 Å². The maximum atomic E-state index is 13.2. The fraction of sp³-hybridized carbons (Fsp3) is 0.350. The van der Waals surface area contributed by atoms with Crippen LogP contribution in [0.3, 0.4) is 0 Å². The molecule has 3 aromatic rings. The van der Waals surface area contributed by atoms with Gasteiger partial charge in [-0.15, -0.1) is 0 Å². The third-order valence-corrected chi connectivity index (χ3v) is 5.02. The van der Waals surface area contributed by atoms with Gasteiger partial charge in [-0.2, -0.15) is 0 Å². The summed E-state index contributed by atoms with van der Waals surface area (Å²) in [6, 6.07) is 7.38. The number of fused-ring (bicyclic) bond motifs is 1. The molecule has 6 nitrogen and oxygen atoms in total. The van der Waals surface area contributed by atoms with Gasteiger partial charge in [-0.3, -0.25) is 14.2 Å². The first-order chi connectivity index (χ1) is 13.3. The van der Waals surface area contributed by atoms with Gasteiger partial charge in [-0.25, -0.2) is 9.37 Å². The van der Waals surface area contributed by atoms with Crippen LogP contribution in [-0.4, -0.2) is 26.3 Å². The van der Waals surface area contributed by atoms with E-state index < -0.39 is 0 Å². The van der Waals surface area contributed by atoms with Gasteiger partial charge >= 0.3 is 0 Å². The van der Waals surface area contributed by atoms with E-state index in [0.29, 0.717) is 28.4 Å². The fourth-order valence-corrected chi connectivity index (χ4v) is 3.68. The first-order valence-corrected chi connectivity index (χ1v) is 10.2. The van der Waals surface area contributed by atoms with E-state index in [1.165, 1.54) is 36.0 Å². The molecule has 0 fully saturated rings. The van der Waals surface area contributed by atoms with Crippen molar-refractivity contribution in [3.63, 3.8) is 0 Å². The Balaban J connectivity index is 1.98. The fourth-order valence-electron chi connectivity index (χ4n) is 3.11. The lowest BCUT2D eigenvalue weighted by Gasteiger charge is -2.14. The Kier molecular flexibility index (Phi) is 5.88. The molecule has 2 heterocycles. The number of aryl methyl sites for hydroxylation is 1. The van der Waals surface area contributed by atoms with E-state index in [0.717, 1.165) is 5.69 Å². The molecule has 0 saturated heterocycles. The molecule has 0 radical (unpaired) electrons. The number of nitrogens with one attached hydrogen (secondary N) is 1. The maximum Gasteiger partial charge on any atom is 0.278 e. The van der Waals surface area contributed by atoms with Crippen molar-refractivity contribution in [3.05, 3.63) is 52.2 Å². The predicted octanol–water partition coefficient (Wildman–Crippen LogP) is 3.66. The van der Waals surface area contributed by atoms with Crippen LogP contribution in [0.2, 0.25) is 0 Å². The molecule has 0 aliphatic heterocycles. The number of thioether (sulfide) groups is 1. The van der Waals surface area contributed by atoms with E-state index in [1.807, 2.05) is 33.1 Å². The largest absolute Gasteiger partial charge is 0.330 e. The SMILES string of the molecule is CSc1nc2cc(C)n(CC(=O)Nc3ccc(F)cc3)c2c(=O)n1CC(C)C. The number of benzene rings is 1. The van der Waals surface area contributed by atoms with E-state index >= 15 is 0 Å². The van der Waals surface area contributed by atoms with Crippen LogP contribution >= 0.6 is 11.8 Å². The summed E-state index contributed by atoms with van der Waals surface area (Å²) in [6.07, 6.45) is 1.89. The first-order valence-electron chi connectivity index (χ1n) is 9.00. The zero-order valence-corrected chi connectivity index (χ0v) is 17.1. The molecule has 0 aliphatic rings.